The molecule has 1 heterocycles. The number of rotatable bonds is 4. The number of aromatic nitrogens is 3. The molecular formula is C15H19ClN4O. The van der Waals surface area contributed by atoms with Crippen molar-refractivity contribution in [2.75, 3.05) is 12.4 Å². The number of benzene rings is 1. The summed E-state index contributed by atoms with van der Waals surface area (Å²) >= 11 is 6.15. The predicted molar refractivity (Wildman–Crippen MR) is 83.0 cm³/mol. The Hall–Kier alpha value is -1.59. The van der Waals surface area contributed by atoms with Gasteiger partial charge in [0.15, 0.2) is 0 Å². The first kappa shape index (κ1) is 14.4. The van der Waals surface area contributed by atoms with Crippen molar-refractivity contribution in [1.82, 2.24) is 14.8 Å². The highest BCUT2D eigenvalue weighted by molar-refractivity contribution is 6.31. The molecule has 1 aliphatic carbocycles. The van der Waals surface area contributed by atoms with Gasteiger partial charge in [-0.25, -0.2) is 9.67 Å². The van der Waals surface area contributed by atoms with Gasteiger partial charge in [-0.1, -0.05) is 24.4 Å². The molecular weight excluding hydrogens is 288 g/mol. The monoisotopic (exact) mass is 306 g/mol. The second kappa shape index (κ2) is 6.45. The summed E-state index contributed by atoms with van der Waals surface area (Å²) in [5.41, 5.74) is 1.90. The van der Waals surface area contributed by atoms with Crippen LogP contribution in [0.3, 0.4) is 0 Å². The molecule has 0 saturated heterocycles. The summed E-state index contributed by atoms with van der Waals surface area (Å²) < 4.78 is 7.35. The summed E-state index contributed by atoms with van der Waals surface area (Å²) in [7, 11) is 1.78. The average Bonchev–Trinajstić information content (AvgIpc) is 3.02. The van der Waals surface area contributed by atoms with E-state index in [1.54, 1.807) is 18.1 Å². The molecule has 1 aromatic heterocycles. The van der Waals surface area contributed by atoms with E-state index in [0.29, 0.717) is 11.1 Å². The third-order valence-electron chi connectivity index (χ3n) is 3.97. The lowest BCUT2D eigenvalue weighted by Gasteiger charge is -2.32. The van der Waals surface area contributed by atoms with Gasteiger partial charge in [-0.05, 0) is 31.0 Å². The first-order valence-corrected chi connectivity index (χ1v) is 7.59. The van der Waals surface area contributed by atoms with Gasteiger partial charge >= 0.3 is 0 Å². The summed E-state index contributed by atoms with van der Waals surface area (Å²) in [6, 6.07) is 6.03. The fourth-order valence-corrected chi connectivity index (χ4v) is 3.07. The molecule has 5 nitrogen and oxygen atoms in total. The first-order valence-electron chi connectivity index (χ1n) is 7.22. The van der Waals surface area contributed by atoms with Gasteiger partial charge < -0.3 is 10.1 Å². The Bertz CT molecular complexity index is 587. The van der Waals surface area contributed by atoms with Gasteiger partial charge in [0.05, 0.1) is 23.5 Å². The van der Waals surface area contributed by atoms with E-state index in [4.69, 9.17) is 16.3 Å². The summed E-state index contributed by atoms with van der Waals surface area (Å²) in [5, 5.41) is 8.48. The molecule has 1 saturated carbocycles. The molecule has 0 aliphatic heterocycles. The van der Waals surface area contributed by atoms with Crippen molar-refractivity contribution >= 4 is 17.3 Å². The lowest BCUT2D eigenvalue weighted by molar-refractivity contribution is 0.0606. The van der Waals surface area contributed by atoms with Crippen LogP contribution in [-0.2, 0) is 4.74 Å². The van der Waals surface area contributed by atoms with Crippen molar-refractivity contribution in [3.8, 4) is 5.69 Å². The van der Waals surface area contributed by atoms with Gasteiger partial charge in [-0.15, -0.1) is 0 Å². The molecule has 6 heteroatoms. The first-order chi connectivity index (χ1) is 10.3. The predicted octanol–water partition coefficient (Wildman–Crippen LogP) is 3.29. The number of nitrogens with zero attached hydrogens (tertiary/aromatic N) is 3. The Kier molecular flexibility index (Phi) is 4.41. The number of ether oxygens (including phenoxy) is 1. The number of hydrogen-bond donors (Lipinski definition) is 1. The van der Waals surface area contributed by atoms with E-state index >= 15 is 0 Å². The summed E-state index contributed by atoms with van der Waals surface area (Å²) in [5.74, 6) is 0. The van der Waals surface area contributed by atoms with Crippen molar-refractivity contribution in [1.29, 1.82) is 0 Å². The van der Waals surface area contributed by atoms with E-state index < -0.39 is 0 Å². The van der Waals surface area contributed by atoms with E-state index in [9.17, 15) is 0 Å². The van der Waals surface area contributed by atoms with Crippen LogP contribution in [0.1, 0.15) is 25.7 Å². The standard InChI is InChI=1S/C15H19ClN4O/c1-21-15-5-3-2-4-12(15)19-13-8-11(16)6-7-14(13)20-10-17-9-18-20/h6-10,12,15,19H,2-5H2,1H3. The molecule has 0 amide bonds. The van der Waals surface area contributed by atoms with Gasteiger partial charge in [-0.2, -0.15) is 5.10 Å². The van der Waals surface area contributed by atoms with Crippen molar-refractivity contribution in [2.45, 2.75) is 37.8 Å². The van der Waals surface area contributed by atoms with Gasteiger partial charge in [-0.3, -0.25) is 0 Å². The molecule has 1 aliphatic rings. The topological polar surface area (TPSA) is 52.0 Å². The molecule has 1 fully saturated rings. The second-order valence-electron chi connectivity index (χ2n) is 5.31. The van der Waals surface area contributed by atoms with Crippen molar-refractivity contribution in [3.05, 3.63) is 35.9 Å². The summed E-state index contributed by atoms with van der Waals surface area (Å²) in [4.78, 5) is 4.01. The lowest BCUT2D eigenvalue weighted by Crippen LogP contribution is -2.38. The number of nitrogens with one attached hydrogen (secondary N) is 1. The van der Waals surface area contributed by atoms with Crippen LogP contribution in [0.4, 0.5) is 5.69 Å². The zero-order valence-electron chi connectivity index (χ0n) is 12.0. The van der Waals surface area contributed by atoms with Crippen LogP contribution in [0, 0.1) is 0 Å². The Morgan fingerprint density at radius 2 is 2.19 bits per heavy atom. The zero-order valence-corrected chi connectivity index (χ0v) is 12.8. The normalized spacial score (nSPS) is 22.2. The van der Waals surface area contributed by atoms with Gasteiger partial charge in [0.1, 0.15) is 12.7 Å². The maximum absolute atomic E-state index is 6.15. The number of methoxy groups -OCH3 is 1. The van der Waals surface area contributed by atoms with Crippen LogP contribution < -0.4 is 5.32 Å². The molecule has 112 valence electrons. The van der Waals surface area contributed by atoms with Crippen molar-refractivity contribution < 1.29 is 4.74 Å². The molecule has 3 rings (SSSR count). The highest BCUT2D eigenvalue weighted by Gasteiger charge is 2.25. The minimum atomic E-state index is 0.237. The number of anilines is 1. The molecule has 2 aromatic rings. The molecule has 1 aromatic carbocycles. The molecule has 0 bridgehead atoms. The highest BCUT2D eigenvalue weighted by atomic mass is 35.5. The fourth-order valence-electron chi connectivity index (χ4n) is 2.90. The van der Waals surface area contributed by atoms with Crippen LogP contribution in [0.25, 0.3) is 5.69 Å². The zero-order chi connectivity index (χ0) is 14.7. The average molecular weight is 307 g/mol. The summed E-state index contributed by atoms with van der Waals surface area (Å²) in [6.07, 6.45) is 8.08. The Balaban J connectivity index is 1.88. The second-order valence-corrected chi connectivity index (χ2v) is 5.75. The Labute approximate surface area is 129 Å². The maximum Gasteiger partial charge on any atom is 0.138 e. The summed E-state index contributed by atoms with van der Waals surface area (Å²) in [6.45, 7) is 0. The molecule has 0 spiro atoms. The van der Waals surface area contributed by atoms with Crippen LogP contribution in [0.5, 0.6) is 0 Å². The van der Waals surface area contributed by atoms with Crippen molar-refractivity contribution in [2.24, 2.45) is 0 Å². The van der Waals surface area contributed by atoms with E-state index in [-0.39, 0.29) is 6.10 Å². The number of hydrogen-bond acceptors (Lipinski definition) is 4. The van der Waals surface area contributed by atoms with Crippen molar-refractivity contribution in [3.63, 3.8) is 0 Å². The third-order valence-corrected chi connectivity index (χ3v) is 4.21. The van der Waals surface area contributed by atoms with E-state index in [1.807, 2.05) is 18.2 Å². The highest BCUT2D eigenvalue weighted by Crippen LogP contribution is 2.29. The van der Waals surface area contributed by atoms with E-state index in [1.165, 1.54) is 19.2 Å². The van der Waals surface area contributed by atoms with Gasteiger partial charge in [0, 0.05) is 12.1 Å². The van der Waals surface area contributed by atoms with Crippen LogP contribution in [0.2, 0.25) is 5.02 Å². The van der Waals surface area contributed by atoms with Gasteiger partial charge in [0.25, 0.3) is 0 Å². The molecule has 21 heavy (non-hydrogen) atoms. The Morgan fingerprint density at radius 3 is 2.95 bits per heavy atom. The maximum atomic E-state index is 6.15. The quantitative estimate of drug-likeness (QED) is 0.941. The molecule has 2 atom stereocenters. The largest absolute Gasteiger partial charge is 0.379 e. The fraction of sp³-hybridized carbons (Fsp3) is 0.467. The minimum Gasteiger partial charge on any atom is -0.379 e. The molecule has 0 radical (unpaired) electrons. The van der Waals surface area contributed by atoms with Crippen LogP contribution in [0.15, 0.2) is 30.9 Å². The Morgan fingerprint density at radius 1 is 1.33 bits per heavy atom. The minimum absolute atomic E-state index is 0.237. The van der Waals surface area contributed by atoms with Crippen LogP contribution >= 0.6 is 11.6 Å². The smallest absolute Gasteiger partial charge is 0.138 e. The van der Waals surface area contributed by atoms with E-state index in [2.05, 4.69) is 15.4 Å². The molecule has 1 N–H and O–H groups in total. The van der Waals surface area contributed by atoms with Gasteiger partial charge in [0.2, 0.25) is 0 Å². The molecule has 2 unspecified atom stereocenters. The lowest BCUT2D eigenvalue weighted by atomic mass is 9.92. The van der Waals surface area contributed by atoms with E-state index in [0.717, 1.165) is 24.2 Å². The SMILES string of the molecule is COC1CCCCC1Nc1cc(Cl)ccc1-n1cncn1. The van der Waals surface area contributed by atoms with Crippen LogP contribution in [-0.4, -0.2) is 34.0 Å². The third kappa shape index (κ3) is 3.19. The number of halogens is 1.